The first kappa shape index (κ1) is 26.2. The summed E-state index contributed by atoms with van der Waals surface area (Å²) in [5, 5.41) is 19.9. The number of benzene rings is 3. The largest absolute Gasteiger partial charge is 0.505 e. The third-order valence-corrected chi connectivity index (χ3v) is 8.35. The predicted molar refractivity (Wildman–Crippen MR) is 149 cm³/mol. The molecule has 2 N–H and O–H groups in total. The first-order chi connectivity index (χ1) is 19.5. The summed E-state index contributed by atoms with van der Waals surface area (Å²) < 4.78 is 20.3. The number of imide groups is 1. The maximum absolute atomic E-state index is 14.0. The van der Waals surface area contributed by atoms with Crippen molar-refractivity contribution in [1.82, 2.24) is 0 Å². The molecule has 3 aliphatic rings. The minimum absolute atomic E-state index is 0.185. The number of amides is 2. The van der Waals surface area contributed by atoms with Crippen molar-refractivity contribution >= 4 is 29.2 Å². The number of rotatable bonds is 7. The SMILES string of the molecule is O=C1[C@@H]2[C@@H](CC(CO)=C3[C@@H](CC/C(=C/c4ccc(O)c(F)c4)c4ccccc4)OC[C@@H]32)C(=O)N1c1ccccc1. The van der Waals surface area contributed by atoms with Crippen LogP contribution in [0.25, 0.3) is 11.6 Å². The number of carbonyl (C=O) groups excluding carboxylic acids is 2. The topological polar surface area (TPSA) is 87.1 Å². The Morgan fingerprint density at radius 2 is 1.70 bits per heavy atom. The lowest BCUT2D eigenvalue weighted by Crippen LogP contribution is -2.35. The third kappa shape index (κ3) is 4.65. The Hall–Kier alpha value is -4.07. The first-order valence-electron chi connectivity index (χ1n) is 13.6. The number of aliphatic hydroxyl groups is 1. The predicted octanol–water partition coefficient (Wildman–Crippen LogP) is 5.37. The minimum Gasteiger partial charge on any atom is -0.505 e. The lowest BCUT2D eigenvalue weighted by molar-refractivity contribution is -0.122. The van der Waals surface area contributed by atoms with Gasteiger partial charge in [0, 0.05) is 5.92 Å². The number of nitrogens with zero attached hydrogens (tertiary/aromatic N) is 1. The van der Waals surface area contributed by atoms with Crippen molar-refractivity contribution in [3.05, 3.63) is 107 Å². The molecule has 0 saturated carbocycles. The van der Waals surface area contributed by atoms with Crippen LogP contribution in [0.15, 0.2) is 90.0 Å². The number of fused-ring (bicyclic) bond motifs is 3. The highest BCUT2D eigenvalue weighted by molar-refractivity contribution is 6.22. The van der Waals surface area contributed by atoms with E-state index in [9.17, 15) is 24.2 Å². The summed E-state index contributed by atoms with van der Waals surface area (Å²) in [6.07, 6.45) is 3.14. The fourth-order valence-corrected chi connectivity index (χ4v) is 6.50. The van der Waals surface area contributed by atoms with Crippen molar-refractivity contribution in [3.63, 3.8) is 0 Å². The molecule has 6 rings (SSSR count). The fourth-order valence-electron chi connectivity index (χ4n) is 6.50. The number of phenolic OH excluding ortho intramolecular Hbond substituents is 1. The van der Waals surface area contributed by atoms with E-state index in [1.54, 1.807) is 30.3 Å². The van der Waals surface area contributed by atoms with Crippen LogP contribution >= 0.6 is 0 Å². The average Bonchev–Trinajstić information content (AvgIpc) is 3.51. The molecule has 0 unspecified atom stereocenters. The van der Waals surface area contributed by atoms with Gasteiger partial charge < -0.3 is 14.9 Å². The number of aromatic hydroxyl groups is 1. The number of para-hydroxylation sites is 1. The van der Waals surface area contributed by atoms with Crippen LogP contribution < -0.4 is 4.90 Å². The number of hydrogen-bond donors (Lipinski definition) is 2. The van der Waals surface area contributed by atoms with E-state index in [1.807, 2.05) is 42.5 Å². The molecular formula is C33H30FNO5. The highest BCUT2D eigenvalue weighted by Gasteiger charge is 2.57. The van der Waals surface area contributed by atoms with Crippen molar-refractivity contribution in [2.75, 3.05) is 18.1 Å². The molecular weight excluding hydrogens is 509 g/mol. The molecule has 0 spiro atoms. The van der Waals surface area contributed by atoms with Crippen LogP contribution in [0.3, 0.4) is 0 Å². The second-order valence-corrected chi connectivity index (χ2v) is 10.6. The summed E-state index contributed by atoms with van der Waals surface area (Å²) in [6, 6.07) is 23.1. The summed E-state index contributed by atoms with van der Waals surface area (Å²) >= 11 is 0. The van der Waals surface area contributed by atoms with Crippen LogP contribution in [0.1, 0.15) is 30.4 Å². The van der Waals surface area contributed by atoms with E-state index in [0.717, 1.165) is 22.3 Å². The van der Waals surface area contributed by atoms with Crippen molar-refractivity contribution in [1.29, 1.82) is 0 Å². The number of hydrogen-bond acceptors (Lipinski definition) is 5. The number of halogens is 1. The molecule has 2 amide bonds. The minimum atomic E-state index is -0.682. The van der Waals surface area contributed by atoms with Gasteiger partial charge >= 0.3 is 0 Å². The van der Waals surface area contributed by atoms with Gasteiger partial charge in [-0.2, -0.15) is 0 Å². The van der Waals surface area contributed by atoms with Gasteiger partial charge in [0.05, 0.1) is 36.8 Å². The van der Waals surface area contributed by atoms with E-state index in [2.05, 4.69) is 0 Å². The monoisotopic (exact) mass is 539 g/mol. The van der Waals surface area contributed by atoms with Crippen LogP contribution in [0, 0.1) is 23.6 Å². The number of aliphatic hydroxyl groups excluding tert-OH is 1. The van der Waals surface area contributed by atoms with Gasteiger partial charge in [0.15, 0.2) is 11.6 Å². The lowest BCUT2D eigenvalue weighted by atomic mass is 9.69. The highest BCUT2D eigenvalue weighted by atomic mass is 19.1. The van der Waals surface area contributed by atoms with Crippen molar-refractivity contribution in [3.8, 4) is 5.75 Å². The molecule has 0 aromatic heterocycles. The zero-order valence-corrected chi connectivity index (χ0v) is 21.9. The zero-order valence-electron chi connectivity index (χ0n) is 21.9. The quantitative estimate of drug-likeness (QED) is 0.240. The first-order valence-corrected chi connectivity index (χ1v) is 13.6. The Labute approximate surface area is 232 Å². The summed E-state index contributed by atoms with van der Waals surface area (Å²) in [7, 11) is 0. The molecule has 2 saturated heterocycles. The molecule has 2 fully saturated rings. The molecule has 204 valence electrons. The molecule has 7 heteroatoms. The lowest BCUT2D eigenvalue weighted by Gasteiger charge is -2.31. The molecule has 2 heterocycles. The van der Waals surface area contributed by atoms with Gasteiger partial charge in [0.2, 0.25) is 11.8 Å². The molecule has 3 aromatic rings. The Balaban J connectivity index is 1.27. The molecule has 1 aliphatic carbocycles. The summed E-state index contributed by atoms with van der Waals surface area (Å²) in [5.41, 5.74) is 4.89. The van der Waals surface area contributed by atoms with E-state index in [0.29, 0.717) is 37.1 Å². The van der Waals surface area contributed by atoms with E-state index in [4.69, 9.17) is 4.74 Å². The van der Waals surface area contributed by atoms with Crippen molar-refractivity contribution < 1.29 is 28.9 Å². The molecule has 2 aliphatic heterocycles. The number of ether oxygens (including phenoxy) is 1. The number of carbonyl (C=O) groups is 2. The summed E-state index contributed by atoms with van der Waals surface area (Å²) in [4.78, 5) is 28.3. The van der Waals surface area contributed by atoms with Crippen LogP contribution in [0.5, 0.6) is 5.75 Å². The van der Waals surface area contributed by atoms with E-state index >= 15 is 0 Å². The second kappa shape index (κ2) is 10.8. The maximum Gasteiger partial charge on any atom is 0.238 e. The molecule has 0 bridgehead atoms. The standard InChI is InChI=1S/C33H30FNO5/c34-27-16-20(11-13-28(27)37)15-22(21-7-3-1-4-8-21)12-14-29-30-23(18-36)17-25-31(26(30)19-40-29)33(39)35(32(25)38)24-9-5-2-6-10-24/h1-11,13,15-16,25-26,29,31,36-37H,12,14,17-19H2/b22-15-/t25-,26+,29-,31-/m1/s1. The van der Waals surface area contributed by atoms with Gasteiger partial charge in [-0.05, 0) is 71.4 Å². The van der Waals surface area contributed by atoms with Crippen molar-refractivity contribution in [2.24, 2.45) is 17.8 Å². The van der Waals surface area contributed by atoms with Crippen LogP contribution in [-0.4, -0.2) is 41.3 Å². The molecule has 4 atom stereocenters. The van der Waals surface area contributed by atoms with Gasteiger partial charge in [-0.3, -0.25) is 14.5 Å². The van der Waals surface area contributed by atoms with Crippen LogP contribution in [0.4, 0.5) is 10.1 Å². The van der Waals surface area contributed by atoms with Gasteiger partial charge in [0.25, 0.3) is 0 Å². The fraction of sp³-hybridized carbons (Fsp3) is 0.273. The zero-order chi connectivity index (χ0) is 27.8. The second-order valence-electron chi connectivity index (χ2n) is 10.6. The third-order valence-electron chi connectivity index (χ3n) is 8.35. The Morgan fingerprint density at radius 1 is 0.975 bits per heavy atom. The van der Waals surface area contributed by atoms with Crippen LogP contribution in [-0.2, 0) is 14.3 Å². The Kier molecular flexibility index (Phi) is 7.09. The average molecular weight is 540 g/mol. The number of allylic oxidation sites excluding steroid dienone is 1. The van der Waals surface area contributed by atoms with E-state index in [1.165, 1.54) is 17.0 Å². The van der Waals surface area contributed by atoms with Gasteiger partial charge in [-0.25, -0.2) is 4.39 Å². The normalized spacial score (nSPS) is 24.4. The number of anilines is 1. The van der Waals surface area contributed by atoms with E-state index < -0.39 is 23.4 Å². The molecule has 3 aromatic carbocycles. The maximum atomic E-state index is 14.0. The highest BCUT2D eigenvalue weighted by Crippen LogP contribution is 2.50. The van der Waals surface area contributed by atoms with Gasteiger partial charge in [-0.1, -0.05) is 60.7 Å². The van der Waals surface area contributed by atoms with Gasteiger partial charge in [0.1, 0.15) is 0 Å². The van der Waals surface area contributed by atoms with Gasteiger partial charge in [-0.15, -0.1) is 0 Å². The summed E-state index contributed by atoms with van der Waals surface area (Å²) in [6.45, 7) is 0.135. The smallest absolute Gasteiger partial charge is 0.238 e. The molecule has 0 radical (unpaired) electrons. The summed E-state index contributed by atoms with van der Waals surface area (Å²) in [5.74, 6) is -2.77. The molecule has 40 heavy (non-hydrogen) atoms. The Bertz CT molecular complexity index is 1500. The van der Waals surface area contributed by atoms with Crippen LogP contribution in [0.2, 0.25) is 0 Å². The molecule has 6 nitrogen and oxygen atoms in total. The Morgan fingerprint density at radius 3 is 2.40 bits per heavy atom. The number of phenols is 1. The van der Waals surface area contributed by atoms with E-state index in [-0.39, 0.29) is 30.4 Å². The van der Waals surface area contributed by atoms with Crippen molar-refractivity contribution in [2.45, 2.75) is 25.4 Å².